The fraction of sp³-hybridized carbons (Fsp3) is 0.407. The molecule has 1 amide bonds. The summed E-state index contributed by atoms with van der Waals surface area (Å²) in [6.45, 7) is 4.48. The number of rotatable bonds is 8. The molecule has 2 aromatic carbocycles. The molecule has 2 fully saturated rings. The van der Waals surface area contributed by atoms with E-state index in [9.17, 15) is 4.79 Å². The zero-order valence-electron chi connectivity index (χ0n) is 20.4. The largest absolute Gasteiger partial charge is 0.497 e. The summed E-state index contributed by atoms with van der Waals surface area (Å²) >= 11 is 0. The van der Waals surface area contributed by atoms with E-state index in [1.807, 2.05) is 36.4 Å². The van der Waals surface area contributed by atoms with Gasteiger partial charge in [0.15, 0.2) is 5.82 Å². The first-order valence-electron chi connectivity index (χ1n) is 12.3. The van der Waals surface area contributed by atoms with Crippen LogP contribution in [-0.4, -0.2) is 67.4 Å². The van der Waals surface area contributed by atoms with Crippen molar-refractivity contribution in [3.63, 3.8) is 0 Å². The van der Waals surface area contributed by atoms with E-state index >= 15 is 0 Å². The maximum Gasteiger partial charge on any atom is 0.256 e. The topological polar surface area (TPSA) is 82.7 Å². The Morgan fingerprint density at radius 3 is 2.54 bits per heavy atom. The fourth-order valence-electron chi connectivity index (χ4n) is 5.08. The van der Waals surface area contributed by atoms with Gasteiger partial charge in [0.1, 0.15) is 11.5 Å². The number of aryl methyl sites for hydroxylation is 2. The molecule has 2 N–H and O–H groups in total. The maximum absolute atomic E-state index is 12.8. The van der Waals surface area contributed by atoms with Gasteiger partial charge in [-0.3, -0.25) is 14.8 Å². The summed E-state index contributed by atoms with van der Waals surface area (Å²) < 4.78 is 10.7. The summed E-state index contributed by atoms with van der Waals surface area (Å²) in [6.07, 6.45) is 4.14. The van der Waals surface area contributed by atoms with Gasteiger partial charge in [0, 0.05) is 54.8 Å². The first-order chi connectivity index (χ1) is 17.1. The van der Waals surface area contributed by atoms with Crippen LogP contribution in [0.4, 0.5) is 11.5 Å². The number of aromatic amines is 1. The number of H-pyrrole nitrogens is 1. The van der Waals surface area contributed by atoms with Crippen molar-refractivity contribution in [1.29, 1.82) is 0 Å². The van der Waals surface area contributed by atoms with Gasteiger partial charge in [0.2, 0.25) is 0 Å². The van der Waals surface area contributed by atoms with E-state index in [-0.39, 0.29) is 5.91 Å². The summed E-state index contributed by atoms with van der Waals surface area (Å²) in [6, 6.07) is 16.3. The molecule has 3 aromatic rings. The molecule has 3 heterocycles. The highest BCUT2D eigenvalue weighted by Gasteiger charge is 2.30. The Balaban J connectivity index is 1.15. The molecule has 0 saturated carbocycles. The number of nitrogens with one attached hydrogen (secondary N) is 2. The van der Waals surface area contributed by atoms with E-state index in [1.165, 1.54) is 25.1 Å². The van der Waals surface area contributed by atoms with Crippen LogP contribution in [-0.2, 0) is 12.8 Å². The van der Waals surface area contributed by atoms with Crippen molar-refractivity contribution >= 4 is 17.4 Å². The molecule has 184 valence electrons. The number of carbonyl (C=O) groups is 1. The van der Waals surface area contributed by atoms with Gasteiger partial charge in [-0.05, 0) is 74.2 Å². The van der Waals surface area contributed by atoms with Crippen LogP contribution in [0.15, 0.2) is 48.5 Å². The summed E-state index contributed by atoms with van der Waals surface area (Å²) in [4.78, 5) is 17.8. The quantitative estimate of drug-likeness (QED) is 0.516. The number of hydrogen-bond donors (Lipinski definition) is 2. The molecule has 0 spiro atoms. The second-order valence-corrected chi connectivity index (χ2v) is 9.28. The molecular weight excluding hydrogens is 442 g/mol. The van der Waals surface area contributed by atoms with Crippen molar-refractivity contribution in [2.24, 2.45) is 0 Å². The van der Waals surface area contributed by atoms with Gasteiger partial charge in [0.25, 0.3) is 5.91 Å². The Hall–Kier alpha value is -3.52. The van der Waals surface area contributed by atoms with Crippen LogP contribution in [0.3, 0.4) is 0 Å². The van der Waals surface area contributed by atoms with Crippen molar-refractivity contribution < 1.29 is 14.3 Å². The van der Waals surface area contributed by atoms with Gasteiger partial charge >= 0.3 is 0 Å². The number of piperazine rings is 1. The number of aromatic nitrogens is 2. The predicted octanol–water partition coefficient (Wildman–Crippen LogP) is 3.75. The third-order valence-corrected chi connectivity index (χ3v) is 7.05. The molecule has 2 aliphatic rings. The minimum absolute atomic E-state index is 0.159. The van der Waals surface area contributed by atoms with Crippen molar-refractivity contribution in [2.45, 2.75) is 31.7 Å². The molecule has 2 saturated heterocycles. The van der Waals surface area contributed by atoms with Crippen molar-refractivity contribution in [3.05, 3.63) is 65.4 Å². The zero-order chi connectivity index (χ0) is 24.2. The van der Waals surface area contributed by atoms with E-state index in [2.05, 4.69) is 37.4 Å². The number of amides is 1. The zero-order valence-corrected chi connectivity index (χ0v) is 20.4. The third kappa shape index (κ3) is 5.43. The molecule has 8 heteroatoms. The van der Waals surface area contributed by atoms with Gasteiger partial charge in [-0.1, -0.05) is 0 Å². The Morgan fingerprint density at radius 1 is 1.03 bits per heavy atom. The first-order valence-corrected chi connectivity index (χ1v) is 12.3. The number of carbonyl (C=O) groups excluding carboxylic acids is 1. The maximum atomic E-state index is 12.8. The summed E-state index contributed by atoms with van der Waals surface area (Å²) in [5.41, 5.74) is 3.87. The van der Waals surface area contributed by atoms with E-state index in [4.69, 9.17) is 9.47 Å². The van der Waals surface area contributed by atoms with E-state index in [1.54, 1.807) is 14.2 Å². The lowest BCUT2D eigenvalue weighted by Gasteiger charge is -2.38. The van der Waals surface area contributed by atoms with E-state index in [0.29, 0.717) is 17.4 Å². The molecule has 0 bridgehead atoms. The smallest absolute Gasteiger partial charge is 0.256 e. The van der Waals surface area contributed by atoms with Crippen LogP contribution in [0.5, 0.6) is 11.5 Å². The molecule has 0 aliphatic carbocycles. The molecule has 5 rings (SSSR count). The molecule has 1 aromatic heterocycles. The molecule has 8 nitrogen and oxygen atoms in total. The van der Waals surface area contributed by atoms with E-state index in [0.717, 1.165) is 55.2 Å². The standard InChI is InChI=1S/C27H33N5O3/c1-34-24-14-19(15-25(17-24)35-2)5-8-21-16-26(30-29-21)28-27(33)20-6-9-22(10-7-20)32-13-12-31-11-3-4-23(31)18-32/h6-7,9-10,14-17,23H,3-5,8,11-13,18H2,1-2H3,(H2,28,29,30,33). The van der Waals surface area contributed by atoms with Gasteiger partial charge in [-0.25, -0.2) is 0 Å². The van der Waals surface area contributed by atoms with Crippen LogP contribution in [0.1, 0.15) is 34.5 Å². The van der Waals surface area contributed by atoms with Gasteiger partial charge in [0.05, 0.1) is 14.2 Å². The Kier molecular flexibility index (Phi) is 6.90. The minimum Gasteiger partial charge on any atom is -0.497 e. The fourth-order valence-corrected chi connectivity index (χ4v) is 5.08. The van der Waals surface area contributed by atoms with Gasteiger partial charge in [-0.2, -0.15) is 5.10 Å². The molecule has 0 radical (unpaired) electrons. The minimum atomic E-state index is -0.159. The number of ether oxygens (including phenoxy) is 2. The van der Waals surface area contributed by atoms with Gasteiger partial charge in [-0.15, -0.1) is 0 Å². The molecule has 1 atom stereocenters. The number of fused-ring (bicyclic) bond motifs is 1. The number of hydrogen-bond acceptors (Lipinski definition) is 6. The lowest BCUT2D eigenvalue weighted by molar-refractivity contribution is 0.102. The van der Waals surface area contributed by atoms with Crippen LogP contribution >= 0.6 is 0 Å². The Labute approximate surface area is 206 Å². The Morgan fingerprint density at radius 2 is 1.80 bits per heavy atom. The number of anilines is 2. The molecular formula is C27H33N5O3. The molecule has 2 aliphatic heterocycles. The van der Waals surface area contributed by atoms with Crippen molar-refractivity contribution in [3.8, 4) is 11.5 Å². The third-order valence-electron chi connectivity index (χ3n) is 7.05. The van der Waals surface area contributed by atoms with Crippen LogP contribution in [0, 0.1) is 0 Å². The van der Waals surface area contributed by atoms with Crippen LogP contribution in [0.2, 0.25) is 0 Å². The normalized spacial score (nSPS) is 17.8. The second kappa shape index (κ2) is 10.4. The average Bonchev–Trinajstić information content (AvgIpc) is 3.56. The first kappa shape index (κ1) is 23.2. The van der Waals surface area contributed by atoms with Crippen molar-refractivity contribution in [2.75, 3.05) is 50.6 Å². The lowest BCUT2D eigenvalue weighted by Crippen LogP contribution is -2.50. The second-order valence-electron chi connectivity index (χ2n) is 9.28. The van der Waals surface area contributed by atoms with Gasteiger partial charge < -0.3 is 19.7 Å². The van der Waals surface area contributed by atoms with Crippen LogP contribution in [0.25, 0.3) is 0 Å². The lowest BCUT2D eigenvalue weighted by atomic mass is 10.1. The highest BCUT2D eigenvalue weighted by atomic mass is 16.5. The summed E-state index contributed by atoms with van der Waals surface area (Å²) in [5, 5.41) is 10.2. The number of nitrogens with zero attached hydrogens (tertiary/aromatic N) is 3. The predicted molar refractivity (Wildman–Crippen MR) is 137 cm³/mol. The molecule has 35 heavy (non-hydrogen) atoms. The SMILES string of the molecule is COc1cc(CCc2cc(NC(=O)c3ccc(N4CCN5CCCC5C4)cc3)n[nH]2)cc(OC)c1. The van der Waals surface area contributed by atoms with E-state index < -0.39 is 0 Å². The molecule has 1 unspecified atom stereocenters. The Bertz CT molecular complexity index is 1140. The summed E-state index contributed by atoms with van der Waals surface area (Å²) in [7, 11) is 3.29. The average molecular weight is 476 g/mol. The summed E-state index contributed by atoms with van der Waals surface area (Å²) in [5.74, 6) is 1.90. The number of methoxy groups -OCH3 is 2. The van der Waals surface area contributed by atoms with Crippen LogP contribution < -0.4 is 19.7 Å². The highest BCUT2D eigenvalue weighted by Crippen LogP contribution is 2.26. The highest BCUT2D eigenvalue weighted by molar-refractivity contribution is 6.03. The number of benzene rings is 2. The van der Waals surface area contributed by atoms with Crippen molar-refractivity contribution in [1.82, 2.24) is 15.1 Å². The monoisotopic (exact) mass is 475 g/mol.